The van der Waals surface area contributed by atoms with E-state index in [1.165, 1.54) is 7.11 Å². The van der Waals surface area contributed by atoms with Crippen molar-refractivity contribution in [3.8, 4) is 0 Å². The summed E-state index contributed by atoms with van der Waals surface area (Å²) in [6.07, 6.45) is 3.31. The normalized spacial score (nSPS) is 10.6. The van der Waals surface area contributed by atoms with Gasteiger partial charge in [-0.15, -0.1) is 0 Å². The summed E-state index contributed by atoms with van der Waals surface area (Å²) < 4.78 is 6.46. The van der Waals surface area contributed by atoms with Crippen LogP contribution < -0.4 is 5.32 Å². The molecule has 0 aliphatic heterocycles. The zero-order chi connectivity index (χ0) is 19.4. The lowest BCUT2D eigenvalue weighted by atomic mass is 10.1. The minimum Gasteiger partial charge on any atom is -0.465 e. The largest absolute Gasteiger partial charge is 0.465 e. The van der Waals surface area contributed by atoms with Crippen LogP contribution in [0, 0.1) is 0 Å². The highest BCUT2D eigenvalue weighted by Crippen LogP contribution is 2.24. The summed E-state index contributed by atoms with van der Waals surface area (Å²) in [6, 6.07) is 12.3. The molecule has 0 aliphatic carbocycles. The Morgan fingerprint density at radius 1 is 1.15 bits per heavy atom. The fraction of sp³-hybridized carbons (Fsp3) is 0.190. The number of carbonyl (C=O) groups is 3. The maximum atomic E-state index is 12.5. The van der Waals surface area contributed by atoms with Crippen molar-refractivity contribution in [2.75, 3.05) is 12.4 Å². The van der Waals surface area contributed by atoms with Crippen molar-refractivity contribution < 1.29 is 19.1 Å². The second-order valence-electron chi connectivity index (χ2n) is 6.11. The van der Waals surface area contributed by atoms with E-state index >= 15 is 0 Å². The molecule has 0 saturated heterocycles. The highest BCUT2D eigenvalue weighted by molar-refractivity contribution is 6.00. The van der Waals surface area contributed by atoms with Gasteiger partial charge in [0, 0.05) is 22.8 Å². The number of aldehydes is 1. The summed E-state index contributed by atoms with van der Waals surface area (Å²) >= 11 is 0. The molecular formula is C21H20N2O4. The molecule has 6 nitrogen and oxygen atoms in total. The van der Waals surface area contributed by atoms with Crippen LogP contribution in [0.1, 0.15) is 33.2 Å². The Balaban J connectivity index is 1.82. The minimum atomic E-state index is -0.430. The fourth-order valence-electron chi connectivity index (χ4n) is 3.13. The third-order valence-corrected chi connectivity index (χ3v) is 4.42. The van der Waals surface area contributed by atoms with E-state index in [9.17, 15) is 14.4 Å². The molecule has 6 heteroatoms. The first kappa shape index (κ1) is 18.4. The molecule has 2 aromatic carbocycles. The van der Waals surface area contributed by atoms with Crippen molar-refractivity contribution >= 4 is 34.8 Å². The maximum absolute atomic E-state index is 12.5. The number of nitrogens with zero attached hydrogens (tertiary/aromatic N) is 1. The molecule has 0 aliphatic rings. The summed E-state index contributed by atoms with van der Waals surface area (Å²) in [5.74, 6) is -0.652. The summed E-state index contributed by atoms with van der Waals surface area (Å²) in [6.45, 7) is 2.12. The van der Waals surface area contributed by atoms with Crippen molar-refractivity contribution in [3.05, 3.63) is 65.4 Å². The van der Waals surface area contributed by atoms with Crippen molar-refractivity contribution in [2.24, 2.45) is 0 Å². The van der Waals surface area contributed by atoms with Crippen molar-refractivity contribution in [1.29, 1.82) is 0 Å². The molecule has 0 spiro atoms. The van der Waals surface area contributed by atoms with E-state index < -0.39 is 5.97 Å². The van der Waals surface area contributed by atoms with Gasteiger partial charge in [-0.1, -0.05) is 25.1 Å². The Bertz CT molecular complexity index is 1000. The number of carbonyl (C=O) groups excluding carboxylic acids is 3. The molecule has 1 aromatic heterocycles. The van der Waals surface area contributed by atoms with Crippen LogP contribution in [0.15, 0.2) is 48.7 Å². The molecule has 1 N–H and O–H groups in total. The van der Waals surface area contributed by atoms with Gasteiger partial charge < -0.3 is 14.6 Å². The Labute approximate surface area is 156 Å². The van der Waals surface area contributed by atoms with Crippen LogP contribution in [0.2, 0.25) is 0 Å². The first-order valence-electron chi connectivity index (χ1n) is 8.61. The molecule has 0 radical (unpaired) electrons. The number of methoxy groups -OCH3 is 1. The number of nitrogens with one attached hydrogen (secondary N) is 1. The number of anilines is 1. The molecule has 0 fully saturated rings. The van der Waals surface area contributed by atoms with Crippen LogP contribution in [0.5, 0.6) is 0 Å². The molecule has 27 heavy (non-hydrogen) atoms. The number of hydrogen-bond acceptors (Lipinski definition) is 4. The van der Waals surface area contributed by atoms with E-state index in [0.717, 1.165) is 29.2 Å². The molecule has 0 unspecified atom stereocenters. The molecule has 3 aromatic rings. The van der Waals surface area contributed by atoms with E-state index in [2.05, 4.69) is 10.1 Å². The predicted molar refractivity (Wildman–Crippen MR) is 103 cm³/mol. The third-order valence-electron chi connectivity index (χ3n) is 4.42. The molecule has 1 amide bonds. The number of aromatic nitrogens is 1. The quantitative estimate of drug-likeness (QED) is 0.537. The van der Waals surface area contributed by atoms with Gasteiger partial charge in [0.15, 0.2) is 6.29 Å². The lowest BCUT2D eigenvalue weighted by Crippen LogP contribution is -2.18. The van der Waals surface area contributed by atoms with Gasteiger partial charge in [0.25, 0.3) is 0 Å². The smallest absolute Gasteiger partial charge is 0.337 e. The van der Waals surface area contributed by atoms with Gasteiger partial charge in [0.1, 0.15) is 6.54 Å². The molecule has 138 valence electrons. The highest BCUT2D eigenvalue weighted by atomic mass is 16.5. The lowest BCUT2D eigenvalue weighted by molar-refractivity contribution is -0.116. The van der Waals surface area contributed by atoms with Crippen molar-refractivity contribution in [1.82, 2.24) is 4.57 Å². The molecule has 0 bridgehead atoms. The van der Waals surface area contributed by atoms with Gasteiger partial charge >= 0.3 is 5.97 Å². The lowest BCUT2D eigenvalue weighted by Gasteiger charge is -2.10. The summed E-state index contributed by atoms with van der Waals surface area (Å²) in [5.41, 5.74) is 3.54. The van der Waals surface area contributed by atoms with E-state index in [4.69, 9.17) is 0 Å². The zero-order valence-corrected chi connectivity index (χ0v) is 15.2. The Morgan fingerprint density at radius 3 is 2.52 bits per heavy atom. The van der Waals surface area contributed by atoms with Gasteiger partial charge in [-0.05, 0) is 36.2 Å². The SMILES string of the molecule is CCc1cccc2c(C=O)cn(CC(=O)Nc3ccc(C(=O)OC)cc3)c12. The Morgan fingerprint density at radius 2 is 1.89 bits per heavy atom. The Kier molecular flexibility index (Phi) is 5.35. The number of benzene rings is 2. The van der Waals surface area contributed by atoms with Gasteiger partial charge in [-0.25, -0.2) is 4.79 Å². The van der Waals surface area contributed by atoms with Crippen LogP contribution in [0.4, 0.5) is 5.69 Å². The van der Waals surface area contributed by atoms with Gasteiger partial charge in [0.05, 0.1) is 18.2 Å². The minimum absolute atomic E-state index is 0.0834. The number of fused-ring (bicyclic) bond motifs is 1. The van der Waals surface area contributed by atoms with Gasteiger partial charge in [0.2, 0.25) is 5.91 Å². The van der Waals surface area contributed by atoms with Crippen molar-refractivity contribution in [3.63, 3.8) is 0 Å². The van der Waals surface area contributed by atoms with Crippen LogP contribution in [0.3, 0.4) is 0 Å². The molecule has 0 saturated carbocycles. The monoisotopic (exact) mass is 364 g/mol. The van der Waals surface area contributed by atoms with Crippen LogP contribution in [-0.2, 0) is 22.5 Å². The number of aryl methyl sites for hydroxylation is 1. The van der Waals surface area contributed by atoms with E-state index in [-0.39, 0.29) is 12.5 Å². The van der Waals surface area contributed by atoms with Gasteiger partial charge in [-0.3, -0.25) is 9.59 Å². The number of hydrogen-bond donors (Lipinski definition) is 1. The predicted octanol–water partition coefficient (Wildman–Crippen LogP) is 3.44. The van der Waals surface area contributed by atoms with Gasteiger partial charge in [-0.2, -0.15) is 0 Å². The molecule has 1 heterocycles. The first-order chi connectivity index (χ1) is 13.1. The second kappa shape index (κ2) is 7.86. The average molecular weight is 364 g/mol. The van der Waals surface area contributed by atoms with E-state index in [0.29, 0.717) is 16.8 Å². The highest BCUT2D eigenvalue weighted by Gasteiger charge is 2.14. The average Bonchev–Trinajstić information content (AvgIpc) is 3.05. The zero-order valence-electron chi connectivity index (χ0n) is 15.2. The number of rotatable bonds is 6. The molecule has 0 atom stereocenters. The number of amides is 1. The topological polar surface area (TPSA) is 77.4 Å². The summed E-state index contributed by atoms with van der Waals surface area (Å²) in [4.78, 5) is 35.3. The number of esters is 1. The van der Waals surface area contributed by atoms with Crippen LogP contribution >= 0.6 is 0 Å². The number of ether oxygens (including phenoxy) is 1. The molecule has 3 rings (SSSR count). The summed E-state index contributed by atoms with van der Waals surface area (Å²) in [5, 5.41) is 3.65. The molecular weight excluding hydrogens is 344 g/mol. The maximum Gasteiger partial charge on any atom is 0.337 e. The Hall–Kier alpha value is -3.41. The van der Waals surface area contributed by atoms with E-state index in [1.807, 2.05) is 25.1 Å². The standard InChI is InChI=1S/C21H20N2O4/c1-3-14-5-4-6-18-16(13-24)11-23(20(14)18)12-19(25)22-17-9-7-15(8-10-17)21(26)27-2/h4-11,13H,3,12H2,1-2H3,(H,22,25). The van der Waals surface area contributed by atoms with Crippen molar-refractivity contribution in [2.45, 2.75) is 19.9 Å². The van der Waals surface area contributed by atoms with E-state index in [1.54, 1.807) is 35.0 Å². The first-order valence-corrected chi connectivity index (χ1v) is 8.61. The number of para-hydroxylation sites is 1. The second-order valence-corrected chi connectivity index (χ2v) is 6.11. The van der Waals surface area contributed by atoms with Crippen LogP contribution in [0.25, 0.3) is 10.9 Å². The summed E-state index contributed by atoms with van der Waals surface area (Å²) in [7, 11) is 1.32. The third kappa shape index (κ3) is 3.74. The fourth-order valence-corrected chi connectivity index (χ4v) is 3.13. The van der Waals surface area contributed by atoms with Crippen LogP contribution in [-0.4, -0.2) is 29.8 Å².